The minimum atomic E-state index is -0.341. The van der Waals surface area contributed by atoms with Crippen LogP contribution >= 0.6 is 36.6 Å². The van der Waals surface area contributed by atoms with E-state index in [0.717, 1.165) is 25.0 Å². The van der Waals surface area contributed by atoms with Crippen molar-refractivity contribution in [2.24, 2.45) is 5.73 Å². The van der Waals surface area contributed by atoms with Crippen LogP contribution < -0.4 is 11.1 Å². The van der Waals surface area contributed by atoms with E-state index in [1.807, 2.05) is 6.26 Å². The third kappa shape index (κ3) is 5.79. The molecule has 21 heavy (non-hydrogen) atoms. The predicted molar refractivity (Wildman–Crippen MR) is 95.8 cm³/mol. The van der Waals surface area contributed by atoms with Crippen molar-refractivity contribution in [3.05, 3.63) is 0 Å². The topological polar surface area (TPSA) is 58.4 Å². The van der Waals surface area contributed by atoms with Gasteiger partial charge in [-0.1, -0.05) is 6.42 Å². The lowest BCUT2D eigenvalue weighted by Crippen LogP contribution is -2.57. The largest absolute Gasteiger partial charge is 0.352 e. The molecule has 0 radical (unpaired) electrons. The molecule has 2 fully saturated rings. The Hall–Kier alpha value is 0.320. The number of piperidine rings is 2. The second kappa shape index (κ2) is 10.2. The number of amides is 1. The van der Waals surface area contributed by atoms with E-state index >= 15 is 0 Å². The summed E-state index contributed by atoms with van der Waals surface area (Å²) in [5, 5.41) is 3.18. The molecule has 7 heteroatoms. The third-order valence-corrected chi connectivity index (χ3v) is 5.30. The molecule has 2 bridgehead atoms. The minimum Gasteiger partial charge on any atom is -0.352 e. The molecule has 2 saturated heterocycles. The Morgan fingerprint density at radius 2 is 1.90 bits per heavy atom. The molecule has 0 spiro atoms. The molecule has 0 aromatic carbocycles. The highest BCUT2D eigenvalue weighted by Gasteiger charge is 2.36. The molecule has 2 heterocycles. The van der Waals surface area contributed by atoms with Crippen molar-refractivity contribution in [2.45, 2.75) is 62.7 Å². The first-order valence-corrected chi connectivity index (χ1v) is 8.78. The van der Waals surface area contributed by atoms with Gasteiger partial charge < -0.3 is 16.0 Å². The van der Waals surface area contributed by atoms with Crippen LogP contribution in [0.25, 0.3) is 0 Å². The van der Waals surface area contributed by atoms with Gasteiger partial charge in [-0.2, -0.15) is 11.8 Å². The number of thioether (sulfide) groups is 1. The lowest BCUT2D eigenvalue weighted by atomic mass is 9.82. The van der Waals surface area contributed by atoms with E-state index in [2.05, 4.69) is 17.3 Å². The van der Waals surface area contributed by atoms with Gasteiger partial charge in [0.25, 0.3) is 0 Å². The van der Waals surface area contributed by atoms with Crippen molar-refractivity contribution < 1.29 is 4.79 Å². The van der Waals surface area contributed by atoms with Gasteiger partial charge in [0.05, 0.1) is 6.04 Å². The van der Waals surface area contributed by atoms with Crippen molar-refractivity contribution >= 4 is 42.5 Å². The summed E-state index contributed by atoms with van der Waals surface area (Å²) in [7, 11) is 2.23. The fourth-order valence-corrected chi connectivity index (χ4v) is 3.91. The molecule has 2 aliphatic heterocycles. The summed E-state index contributed by atoms with van der Waals surface area (Å²) < 4.78 is 0. The molecule has 3 atom stereocenters. The van der Waals surface area contributed by atoms with Gasteiger partial charge in [0, 0.05) is 18.1 Å². The van der Waals surface area contributed by atoms with Gasteiger partial charge in [0.1, 0.15) is 0 Å². The van der Waals surface area contributed by atoms with Crippen LogP contribution in [-0.2, 0) is 4.79 Å². The van der Waals surface area contributed by atoms with E-state index in [-0.39, 0.29) is 36.8 Å². The van der Waals surface area contributed by atoms with Gasteiger partial charge in [0.15, 0.2) is 0 Å². The zero-order chi connectivity index (χ0) is 13.8. The predicted octanol–water partition coefficient (Wildman–Crippen LogP) is 2.04. The van der Waals surface area contributed by atoms with Crippen LogP contribution in [0.4, 0.5) is 0 Å². The number of rotatable bonds is 5. The van der Waals surface area contributed by atoms with Crippen molar-refractivity contribution in [1.29, 1.82) is 0 Å². The van der Waals surface area contributed by atoms with E-state index in [1.165, 1.54) is 19.3 Å². The zero-order valence-electron chi connectivity index (χ0n) is 12.9. The van der Waals surface area contributed by atoms with Gasteiger partial charge in [-0.25, -0.2) is 0 Å². The molecule has 4 nitrogen and oxygen atoms in total. The average Bonchev–Trinajstić information content (AvgIpc) is 2.37. The number of nitrogens with two attached hydrogens (primary N) is 1. The Balaban J connectivity index is 0.00000200. The van der Waals surface area contributed by atoms with E-state index < -0.39 is 0 Å². The van der Waals surface area contributed by atoms with Crippen LogP contribution in [0, 0.1) is 0 Å². The second-order valence-electron chi connectivity index (χ2n) is 5.97. The first-order valence-electron chi connectivity index (χ1n) is 7.38. The van der Waals surface area contributed by atoms with Crippen molar-refractivity contribution in [3.8, 4) is 0 Å². The Labute approximate surface area is 145 Å². The molecule has 0 aromatic heterocycles. The van der Waals surface area contributed by atoms with Gasteiger partial charge in [0.2, 0.25) is 5.91 Å². The number of carbonyl (C=O) groups excluding carboxylic acids is 1. The minimum absolute atomic E-state index is 0. The van der Waals surface area contributed by atoms with E-state index in [4.69, 9.17) is 5.73 Å². The van der Waals surface area contributed by atoms with Crippen LogP contribution in [-0.4, -0.2) is 54.0 Å². The highest BCUT2D eigenvalue weighted by Crippen LogP contribution is 2.32. The van der Waals surface area contributed by atoms with Crippen LogP contribution in [0.1, 0.15) is 38.5 Å². The van der Waals surface area contributed by atoms with Gasteiger partial charge >= 0.3 is 0 Å². The van der Waals surface area contributed by atoms with Crippen LogP contribution in [0.15, 0.2) is 0 Å². The van der Waals surface area contributed by atoms with E-state index in [9.17, 15) is 4.79 Å². The van der Waals surface area contributed by atoms with Crippen LogP contribution in [0.5, 0.6) is 0 Å². The maximum absolute atomic E-state index is 12.1. The Morgan fingerprint density at radius 3 is 2.43 bits per heavy atom. The van der Waals surface area contributed by atoms with Gasteiger partial charge in [-0.3, -0.25) is 4.79 Å². The summed E-state index contributed by atoms with van der Waals surface area (Å²) in [6, 6.07) is 1.30. The first-order chi connectivity index (χ1) is 9.11. The van der Waals surface area contributed by atoms with E-state index in [0.29, 0.717) is 18.1 Å². The average molecular weight is 358 g/mol. The summed E-state index contributed by atoms with van der Waals surface area (Å²) in [6.07, 6.45) is 8.89. The lowest BCUT2D eigenvalue weighted by Gasteiger charge is -2.47. The molecule has 2 rings (SSSR count). The number of fused-ring (bicyclic) bond motifs is 2. The molecule has 126 valence electrons. The fraction of sp³-hybridized carbons (Fsp3) is 0.929. The number of nitrogens with one attached hydrogen (secondary N) is 1. The van der Waals surface area contributed by atoms with Crippen LogP contribution in [0.3, 0.4) is 0 Å². The maximum Gasteiger partial charge on any atom is 0.237 e. The highest BCUT2D eigenvalue weighted by molar-refractivity contribution is 7.98. The molecular formula is C14H29Cl2N3OS. The Bertz CT molecular complexity index is 309. The molecule has 0 saturated carbocycles. The zero-order valence-corrected chi connectivity index (χ0v) is 15.4. The number of halogens is 2. The Morgan fingerprint density at radius 1 is 1.33 bits per heavy atom. The summed E-state index contributed by atoms with van der Waals surface area (Å²) in [5.74, 6) is 0.995. The quantitative estimate of drug-likeness (QED) is 0.790. The smallest absolute Gasteiger partial charge is 0.237 e. The Kier molecular flexibility index (Phi) is 10.3. The summed E-state index contributed by atoms with van der Waals surface area (Å²) in [6.45, 7) is 0. The molecule has 1 amide bonds. The monoisotopic (exact) mass is 357 g/mol. The lowest BCUT2D eigenvalue weighted by molar-refractivity contribution is -0.123. The number of carbonyl (C=O) groups is 1. The standard InChI is InChI=1S/C14H27N3OS.2ClH/c1-17-11-4-3-5-12(17)9-10(8-11)16-14(18)13(15)6-7-19-2;;/h10-13H,3-9,15H2,1-2H3,(H,16,18);2*1H/t10?,11?,12?,13-;;/m0../s1. The van der Waals surface area contributed by atoms with Gasteiger partial charge in [-0.05, 0) is 51.2 Å². The second-order valence-corrected chi connectivity index (χ2v) is 6.95. The fourth-order valence-electron chi connectivity index (χ4n) is 3.42. The summed E-state index contributed by atoms with van der Waals surface area (Å²) in [4.78, 5) is 14.6. The number of nitrogens with zero attached hydrogens (tertiary/aromatic N) is 1. The third-order valence-electron chi connectivity index (χ3n) is 4.66. The normalized spacial score (nSPS) is 29.8. The van der Waals surface area contributed by atoms with Crippen LogP contribution in [0.2, 0.25) is 0 Å². The molecule has 0 aliphatic carbocycles. The van der Waals surface area contributed by atoms with Crippen molar-refractivity contribution in [1.82, 2.24) is 10.2 Å². The van der Waals surface area contributed by atoms with E-state index in [1.54, 1.807) is 11.8 Å². The molecule has 2 unspecified atom stereocenters. The molecule has 3 N–H and O–H groups in total. The van der Waals surface area contributed by atoms with Crippen molar-refractivity contribution in [3.63, 3.8) is 0 Å². The maximum atomic E-state index is 12.1. The molecular weight excluding hydrogens is 329 g/mol. The SMILES string of the molecule is CSCC[C@H](N)C(=O)NC1CC2CCCC(C1)N2C.Cl.Cl. The number of hydrogen-bond donors (Lipinski definition) is 2. The van der Waals surface area contributed by atoms with Crippen molar-refractivity contribution in [2.75, 3.05) is 19.1 Å². The molecule has 0 aromatic rings. The summed E-state index contributed by atoms with van der Waals surface area (Å²) in [5.41, 5.74) is 5.93. The number of hydrogen-bond acceptors (Lipinski definition) is 4. The highest BCUT2D eigenvalue weighted by atomic mass is 35.5. The van der Waals surface area contributed by atoms with Gasteiger partial charge in [-0.15, -0.1) is 24.8 Å². The molecule has 2 aliphatic rings. The first kappa shape index (κ1) is 21.3. The summed E-state index contributed by atoms with van der Waals surface area (Å²) >= 11 is 1.74.